The third-order valence-corrected chi connectivity index (χ3v) is 4.73. The van der Waals surface area contributed by atoms with Crippen LogP contribution in [0.25, 0.3) is 0 Å². The van der Waals surface area contributed by atoms with Gasteiger partial charge >= 0.3 is 0 Å². The van der Waals surface area contributed by atoms with Crippen LogP contribution in [0, 0.1) is 17.5 Å². The SMILES string of the molecule is Fc1ccc(F)c(Nc2cc(C3CC3)nc(NC3CCCC3)n2)c1F. The fraction of sp³-hybridized carbons (Fsp3) is 0.444. The summed E-state index contributed by atoms with van der Waals surface area (Å²) in [6.07, 6.45) is 6.56. The van der Waals surface area contributed by atoms with Crippen molar-refractivity contribution in [3.63, 3.8) is 0 Å². The lowest BCUT2D eigenvalue weighted by Gasteiger charge is -2.15. The molecule has 4 nitrogen and oxygen atoms in total. The van der Waals surface area contributed by atoms with Crippen molar-refractivity contribution in [3.8, 4) is 0 Å². The van der Waals surface area contributed by atoms with Crippen molar-refractivity contribution >= 4 is 17.5 Å². The van der Waals surface area contributed by atoms with Gasteiger partial charge in [0.15, 0.2) is 11.6 Å². The lowest BCUT2D eigenvalue weighted by molar-refractivity contribution is 0.499. The first-order valence-corrected chi connectivity index (χ1v) is 8.66. The molecule has 1 aromatic carbocycles. The molecule has 0 bridgehead atoms. The lowest BCUT2D eigenvalue weighted by atomic mass is 10.2. The summed E-state index contributed by atoms with van der Waals surface area (Å²) in [6, 6.07) is 3.66. The van der Waals surface area contributed by atoms with Crippen LogP contribution in [0.1, 0.15) is 50.1 Å². The van der Waals surface area contributed by atoms with Crippen LogP contribution in [0.15, 0.2) is 18.2 Å². The number of anilines is 3. The first kappa shape index (κ1) is 16.2. The van der Waals surface area contributed by atoms with Gasteiger partial charge < -0.3 is 10.6 Å². The molecule has 25 heavy (non-hydrogen) atoms. The number of nitrogens with zero attached hydrogens (tertiary/aromatic N) is 2. The maximum atomic E-state index is 13.9. The summed E-state index contributed by atoms with van der Waals surface area (Å²) in [6.45, 7) is 0. The van der Waals surface area contributed by atoms with Gasteiger partial charge in [-0.2, -0.15) is 4.98 Å². The van der Waals surface area contributed by atoms with E-state index in [0.717, 1.165) is 43.5 Å². The lowest BCUT2D eigenvalue weighted by Crippen LogP contribution is -2.17. The monoisotopic (exact) mass is 348 g/mol. The topological polar surface area (TPSA) is 49.8 Å². The molecule has 2 aliphatic carbocycles. The van der Waals surface area contributed by atoms with Gasteiger partial charge in [0.25, 0.3) is 0 Å². The molecule has 2 N–H and O–H groups in total. The molecule has 0 aliphatic heterocycles. The van der Waals surface area contributed by atoms with Gasteiger partial charge in [0.05, 0.1) is 5.69 Å². The highest BCUT2D eigenvalue weighted by Crippen LogP contribution is 2.40. The van der Waals surface area contributed by atoms with E-state index in [9.17, 15) is 13.2 Å². The van der Waals surface area contributed by atoms with Gasteiger partial charge in [-0.15, -0.1) is 0 Å². The van der Waals surface area contributed by atoms with Gasteiger partial charge in [-0.05, 0) is 37.8 Å². The normalized spacial score (nSPS) is 17.7. The van der Waals surface area contributed by atoms with E-state index in [2.05, 4.69) is 20.6 Å². The molecule has 4 rings (SSSR count). The van der Waals surface area contributed by atoms with Crippen LogP contribution in [0.4, 0.5) is 30.6 Å². The highest BCUT2D eigenvalue weighted by atomic mass is 19.2. The smallest absolute Gasteiger partial charge is 0.225 e. The Morgan fingerprint density at radius 3 is 2.36 bits per heavy atom. The number of halogens is 3. The number of nitrogens with one attached hydrogen (secondary N) is 2. The zero-order chi connectivity index (χ0) is 17.4. The van der Waals surface area contributed by atoms with E-state index >= 15 is 0 Å². The maximum absolute atomic E-state index is 13.9. The summed E-state index contributed by atoms with van der Waals surface area (Å²) in [5, 5.41) is 5.90. The minimum atomic E-state index is -1.25. The summed E-state index contributed by atoms with van der Waals surface area (Å²) < 4.78 is 41.2. The Balaban J connectivity index is 1.64. The summed E-state index contributed by atoms with van der Waals surface area (Å²) in [4.78, 5) is 8.86. The van der Waals surface area contributed by atoms with Gasteiger partial charge in [-0.1, -0.05) is 12.8 Å². The minimum Gasteiger partial charge on any atom is -0.351 e. The first-order chi connectivity index (χ1) is 12.1. The molecule has 2 aliphatic rings. The van der Waals surface area contributed by atoms with Crippen LogP contribution in [0.3, 0.4) is 0 Å². The Morgan fingerprint density at radius 2 is 1.64 bits per heavy atom. The second-order valence-corrected chi connectivity index (χ2v) is 6.74. The molecule has 0 spiro atoms. The van der Waals surface area contributed by atoms with E-state index < -0.39 is 23.1 Å². The number of rotatable bonds is 5. The van der Waals surface area contributed by atoms with E-state index in [-0.39, 0.29) is 5.82 Å². The molecule has 7 heteroatoms. The van der Waals surface area contributed by atoms with Crippen LogP contribution in [-0.4, -0.2) is 16.0 Å². The number of benzene rings is 1. The highest BCUT2D eigenvalue weighted by Gasteiger charge is 2.27. The van der Waals surface area contributed by atoms with Crippen molar-refractivity contribution in [1.29, 1.82) is 0 Å². The van der Waals surface area contributed by atoms with Crippen molar-refractivity contribution in [2.45, 2.75) is 50.5 Å². The molecular formula is C18H19F3N4. The average molecular weight is 348 g/mol. The molecule has 0 unspecified atom stereocenters. The number of hydrogen-bond acceptors (Lipinski definition) is 4. The quantitative estimate of drug-likeness (QED) is 0.757. The van der Waals surface area contributed by atoms with Crippen molar-refractivity contribution in [2.75, 3.05) is 10.6 Å². The molecule has 1 heterocycles. The zero-order valence-electron chi connectivity index (χ0n) is 13.7. The molecular weight excluding hydrogens is 329 g/mol. The predicted octanol–water partition coefficient (Wildman–Crippen LogP) is 4.87. The van der Waals surface area contributed by atoms with E-state index in [0.29, 0.717) is 17.9 Å². The molecule has 2 saturated carbocycles. The molecule has 0 atom stereocenters. The minimum absolute atomic E-state index is 0.265. The van der Waals surface area contributed by atoms with Gasteiger partial charge in [-0.25, -0.2) is 18.2 Å². The molecule has 0 amide bonds. The molecule has 1 aromatic heterocycles. The van der Waals surface area contributed by atoms with E-state index in [4.69, 9.17) is 0 Å². The number of hydrogen-bond donors (Lipinski definition) is 2. The number of aromatic nitrogens is 2. The maximum Gasteiger partial charge on any atom is 0.225 e. The van der Waals surface area contributed by atoms with Crippen LogP contribution in [0.2, 0.25) is 0 Å². The van der Waals surface area contributed by atoms with Gasteiger partial charge in [0.1, 0.15) is 17.3 Å². The standard InChI is InChI=1S/C18H19F3N4/c19-12-7-8-13(20)17(16(12)21)24-15-9-14(10-5-6-10)23-18(25-15)22-11-3-1-2-4-11/h7-11H,1-6H2,(H2,22,23,24,25). The molecule has 0 radical (unpaired) electrons. The van der Waals surface area contributed by atoms with E-state index in [1.165, 1.54) is 12.8 Å². The second-order valence-electron chi connectivity index (χ2n) is 6.74. The fourth-order valence-electron chi connectivity index (χ4n) is 3.21. The van der Waals surface area contributed by atoms with Crippen molar-refractivity contribution < 1.29 is 13.2 Å². The Bertz CT molecular complexity index is 786. The van der Waals surface area contributed by atoms with Gasteiger partial charge in [0, 0.05) is 18.0 Å². The summed E-state index contributed by atoms with van der Waals surface area (Å²) in [5.74, 6) is -2.15. The Kier molecular flexibility index (Phi) is 4.23. The van der Waals surface area contributed by atoms with E-state index in [1.54, 1.807) is 6.07 Å². The van der Waals surface area contributed by atoms with Crippen LogP contribution in [-0.2, 0) is 0 Å². The predicted molar refractivity (Wildman–Crippen MR) is 89.5 cm³/mol. The van der Waals surface area contributed by atoms with Crippen LogP contribution in [0.5, 0.6) is 0 Å². The van der Waals surface area contributed by atoms with Gasteiger partial charge in [-0.3, -0.25) is 0 Å². The Labute approximate surface area is 143 Å². The molecule has 0 saturated heterocycles. The average Bonchev–Trinajstić information content (AvgIpc) is 3.33. The first-order valence-electron chi connectivity index (χ1n) is 8.66. The summed E-state index contributed by atoms with van der Waals surface area (Å²) in [5.41, 5.74) is 0.308. The van der Waals surface area contributed by atoms with Gasteiger partial charge in [0.2, 0.25) is 5.95 Å². The zero-order valence-corrected chi connectivity index (χ0v) is 13.7. The Morgan fingerprint density at radius 1 is 0.920 bits per heavy atom. The Hall–Kier alpha value is -2.31. The molecule has 2 aromatic rings. The second kappa shape index (κ2) is 6.54. The van der Waals surface area contributed by atoms with Crippen molar-refractivity contribution in [3.05, 3.63) is 41.3 Å². The fourth-order valence-corrected chi connectivity index (χ4v) is 3.21. The van der Waals surface area contributed by atoms with Crippen molar-refractivity contribution in [1.82, 2.24) is 9.97 Å². The molecule has 2 fully saturated rings. The molecule has 132 valence electrons. The largest absolute Gasteiger partial charge is 0.351 e. The van der Waals surface area contributed by atoms with Crippen LogP contribution < -0.4 is 10.6 Å². The highest BCUT2D eigenvalue weighted by molar-refractivity contribution is 5.59. The third-order valence-electron chi connectivity index (χ3n) is 4.73. The third kappa shape index (κ3) is 3.55. The summed E-state index contributed by atoms with van der Waals surface area (Å²) in [7, 11) is 0. The summed E-state index contributed by atoms with van der Waals surface area (Å²) >= 11 is 0. The van der Waals surface area contributed by atoms with Crippen molar-refractivity contribution in [2.24, 2.45) is 0 Å². The van der Waals surface area contributed by atoms with E-state index in [1.807, 2.05) is 0 Å². The van der Waals surface area contributed by atoms with Crippen LogP contribution >= 0.6 is 0 Å².